The molecule has 0 bridgehead atoms. The molecule has 0 spiro atoms. The van der Waals surface area contributed by atoms with Crippen LogP contribution in [-0.4, -0.2) is 0 Å². The number of allylic oxidation sites excluding steroid dienone is 2. The van der Waals surface area contributed by atoms with Gasteiger partial charge in [0.05, 0.1) is 6.07 Å². The van der Waals surface area contributed by atoms with Crippen molar-refractivity contribution in [1.29, 1.82) is 5.26 Å². The quantitative estimate of drug-likeness (QED) is 0.549. The van der Waals surface area contributed by atoms with Gasteiger partial charge in [0, 0.05) is 6.42 Å². The lowest BCUT2D eigenvalue weighted by Gasteiger charge is -2.19. The van der Waals surface area contributed by atoms with Crippen molar-refractivity contribution in [3.8, 4) is 6.07 Å². The Morgan fingerprint density at radius 2 is 2.20 bits per heavy atom. The smallest absolute Gasteiger partial charge is 0.0630 e. The van der Waals surface area contributed by atoms with E-state index in [2.05, 4.69) is 26.0 Å². The summed E-state index contributed by atoms with van der Waals surface area (Å²) in [5.74, 6) is 0. The van der Waals surface area contributed by atoms with E-state index in [1.807, 2.05) is 13.0 Å². The second-order valence-electron chi connectivity index (χ2n) is 2.84. The molecule has 0 aromatic rings. The highest BCUT2D eigenvalue weighted by molar-refractivity contribution is 4.99. The summed E-state index contributed by atoms with van der Waals surface area (Å²) in [5.41, 5.74) is 0.101. The molecule has 10 heavy (non-hydrogen) atoms. The van der Waals surface area contributed by atoms with Crippen molar-refractivity contribution in [2.75, 3.05) is 0 Å². The van der Waals surface area contributed by atoms with E-state index in [4.69, 9.17) is 5.26 Å². The number of hydrogen-bond acceptors (Lipinski definition) is 1. The zero-order chi connectivity index (χ0) is 8.04. The predicted molar refractivity (Wildman–Crippen MR) is 43.4 cm³/mol. The van der Waals surface area contributed by atoms with Crippen molar-refractivity contribution in [3.63, 3.8) is 0 Å². The Balaban J connectivity index is 4.11. The fraction of sp³-hybridized carbons (Fsp3) is 0.667. The molecular weight excluding hydrogens is 122 g/mol. The summed E-state index contributed by atoms with van der Waals surface area (Å²) in [6, 6.07) is 2.19. The molecule has 0 N–H and O–H groups in total. The summed E-state index contributed by atoms with van der Waals surface area (Å²) in [6.07, 6.45) is 5.77. The van der Waals surface area contributed by atoms with Gasteiger partial charge in [-0.05, 0) is 18.8 Å². The summed E-state index contributed by atoms with van der Waals surface area (Å²) in [5, 5.41) is 8.48. The molecule has 1 heteroatoms. The number of nitrogens with zero attached hydrogens (tertiary/aromatic N) is 1. The fourth-order valence-corrected chi connectivity index (χ4v) is 0.885. The van der Waals surface area contributed by atoms with Gasteiger partial charge in [-0.3, -0.25) is 0 Å². The molecule has 56 valence electrons. The van der Waals surface area contributed by atoms with Gasteiger partial charge in [-0.25, -0.2) is 0 Å². The standard InChI is InChI=1S/C9H15N/c1-4-6-9(3,5-2)7-8-10/h4,6H,5,7H2,1-3H3/b6-4-. The Bertz CT molecular complexity index is 153. The maximum atomic E-state index is 8.48. The molecule has 0 rings (SSSR count). The molecule has 1 nitrogen and oxygen atoms in total. The van der Waals surface area contributed by atoms with E-state index in [1.165, 1.54) is 0 Å². The van der Waals surface area contributed by atoms with Crippen molar-refractivity contribution in [1.82, 2.24) is 0 Å². The van der Waals surface area contributed by atoms with E-state index in [1.54, 1.807) is 0 Å². The molecule has 0 saturated heterocycles. The van der Waals surface area contributed by atoms with Crippen LogP contribution in [0.1, 0.15) is 33.6 Å². The number of rotatable bonds is 3. The Kier molecular flexibility index (Phi) is 3.79. The normalized spacial score (nSPS) is 16.6. The third-order valence-corrected chi connectivity index (χ3v) is 1.86. The van der Waals surface area contributed by atoms with Crippen molar-refractivity contribution >= 4 is 0 Å². The van der Waals surface area contributed by atoms with Gasteiger partial charge < -0.3 is 0 Å². The van der Waals surface area contributed by atoms with Crippen molar-refractivity contribution in [2.45, 2.75) is 33.6 Å². The largest absolute Gasteiger partial charge is 0.198 e. The molecule has 1 unspecified atom stereocenters. The monoisotopic (exact) mass is 137 g/mol. The van der Waals surface area contributed by atoms with Gasteiger partial charge in [0.1, 0.15) is 0 Å². The van der Waals surface area contributed by atoms with Gasteiger partial charge in [0.25, 0.3) is 0 Å². The fourth-order valence-electron chi connectivity index (χ4n) is 0.885. The van der Waals surface area contributed by atoms with Crippen molar-refractivity contribution in [3.05, 3.63) is 12.2 Å². The first kappa shape index (κ1) is 9.23. The summed E-state index contributed by atoms with van der Waals surface area (Å²) in [4.78, 5) is 0. The summed E-state index contributed by atoms with van der Waals surface area (Å²) in [7, 11) is 0. The van der Waals surface area contributed by atoms with Crippen LogP contribution in [0.25, 0.3) is 0 Å². The van der Waals surface area contributed by atoms with E-state index in [0.717, 1.165) is 6.42 Å². The van der Waals surface area contributed by atoms with Gasteiger partial charge in [-0.1, -0.05) is 26.0 Å². The van der Waals surface area contributed by atoms with Gasteiger partial charge in [-0.2, -0.15) is 5.26 Å². The van der Waals surface area contributed by atoms with Crippen LogP contribution in [0.3, 0.4) is 0 Å². The predicted octanol–water partition coefficient (Wildman–Crippen LogP) is 2.89. The van der Waals surface area contributed by atoms with Crippen molar-refractivity contribution in [2.24, 2.45) is 5.41 Å². The molecule has 0 aromatic heterocycles. The molecule has 0 aliphatic rings. The highest BCUT2D eigenvalue weighted by Gasteiger charge is 2.16. The van der Waals surface area contributed by atoms with Gasteiger partial charge in [-0.15, -0.1) is 0 Å². The van der Waals surface area contributed by atoms with Crippen LogP contribution in [-0.2, 0) is 0 Å². The second-order valence-corrected chi connectivity index (χ2v) is 2.84. The van der Waals surface area contributed by atoms with Crippen LogP contribution >= 0.6 is 0 Å². The Morgan fingerprint density at radius 3 is 2.50 bits per heavy atom. The maximum absolute atomic E-state index is 8.48. The highest BCUT2D eigenvalue weighted by atomic mass is 14.3. The molecule has 0 aliphatic carbocycles. The minimum Gasteiger partial charge on any atom is -0.198 e. The Hall–Kier alpha value is -0.770. The third kappa shape index (κ3) is 2.68. The molecule has 0 heterocycles. The summed E-state index contributed by atoms with van der Waals surface area (Å²) in [6.45, 7) is 6.21. The van der Waals surface area contributed by atoms with E-state index < -0.39 is 0 Å². The molecular formula is C9H15N. The maximum Gasteiger partial charge on any atom is 0.0630 e. The first-order valence-electron chi connectivity index (χ1n) is 3.69. The SMILES string of the molecule is C/C=C\C(C)(CC)CC#N. The van der Waals surface area contributed by atoms with E-state index in [-0.39, 0.29) is 5.41 Å². The molecule has 1 atom stereocenters. The summed E-state index contributed by atoms with van der Waals surface area (Å²) < 4.78 is 0. The average Bonchev–Trinajstić information content (AvgIpc) is 1.89. The molecule has 0 saturated carbocycles. The number of hydrogen-bond donors (Lipinski definition) is 0. The lowest BCUT2D eigenvalue weighted by atomic mass is 9.84. The van der Waals surface area contributed by atoms with Crippen LogP contribution in [0.5, 0.6) is 0 Å². The Morgan fingerprint density at radius 1 is 1.60 bits per heavy atom. The topological polar surface area (TPSA) is 23.8 Å². The van der Waals surface area contributed by atoms with Gasteiger partial charge in [0.15, 0.2) is 0 Å². The minimum atomic E-state index is 0.101. The van der Waals surface area contributed by atoms with Crippen LogP contribution in [0.15, 0.2) is 12.2 Å². The Labute approximate surface area is 63.4 Å². The number of nitriles is 1. The first-order chi connectivity index (χ1) is 4.68. The molecule has 0 amide bonds. The third-order valence-electron chi connectivity index (χ3n) is 1.86. The molecule has 0 aliphatic heterocycles. The average molecular weight is 137 g/mol. The molecule has 0 fully saturated rings. The van der Waals surface area contributed by atoms with Crippen LogP contribution in [0, 0.1) is 16.7 Å². The van der Waals surface area contributed by atoms with Crippen molar-refractivity contribution < 1.29 is 0 Å². The van der Waals surface area contributed by atoms with Crippen LogP contribution in [0.4, 0.5) is 0 Å². The van der Waals surface area contributed by atoms with E-state index >= 15 is 0 Å². The lowest BCUT2D eigenvalue weighted by molar-refractivity contribution is 0.421. The van der Waals surface area contributed by atoms with Crippen LogP contribution in [0.2, 0.25) is 0 Å². The first-order valence-corrected chi connectivity index (χ1v) is 3.69. The highest BCUT2D eigenvalue weighted by Crippen LogP contribution is 2.26. The second kappa shape index (κ2) is 4.11. The van der Waals surface area contributed by atoms with E-state index in [9.17, 15) is 0 Å². The lowest BCUT2D eigenvalue weighted by Crippen LogP contribution is -2.09. The van der Waals surface area contributed by atoms with Crippen LogP contribution < -0.4 is 0 Å². The molecule has 0 radical (unpaired) electrons. The zero-order valence-corrected chi connectivity index (χ0v) is 7.02. The zero-order valence-electron chi connectivity index (χ0n) is 7.02. The van der Waals surface area contributed by atoms with Gasteiger partial charge >= 0.3 is 0 Å². The molecule has 0 aromatic carbocycles. The van der Waals surface area contributed by atoms with Gasteiger partial charge in [0.2, 0.25) is 0 Å². The van der Waals surface area contributed by atoms with E-state index in [0.29, 0.717) is 6.42 Å². The minimum absolute atomic E-state index is 0.101. The summed E-state index contributed by atoms with van der Waals surface area (Å²) >= 11 is 0.